The summed E-state index contributed by atoms with van der Waals surface area (Å²) in [6.07, 6.45) is -0.0589. The zero-order chi connectivity index (χ0) is 15.9. The van der Waals surface area contributed by atoms with Crippen LogP contribution in [0.15, 0.2) is 33.2 Å². The van der Waals surface area contributed by atoms with E-state index in [2.05, 4.69) is 46.9 Å². The molecule has 116 valence electrons. The summed E-state index contributed by atoms with van der Waals surface area (Å²) in [4.78, 5) is 4.67. The molecule has 3 nitrogen and oxygen atoms in total. The smallest absolute Gasteiger partial charge is 0.145 e. The van der Waals surface area contributed by atoms with E-state index in [-0.39, 0.29) is 6.10 Å². The van der Waals surface area contributed by atoms with Crippen molar-refractivity contribution in [3.8, 4) is 0 Å². The van der Waals surface area contributed by atoms with Crippen LogP contribution < -0.4 is 0 Å². The first-order valence-electron chi connectivity index (χ1n) is 7.56. The van der Waals surface area contributed by atoms with Crippen molar-refractivity contribution in [3.63, 3.8) is 0 Å². The van der Waals surface area contributed by atoms with Gasteiger partial charge in [-0.3, -0.25) is 4.98 Å². The van der Waals surface area contributed by atoms with Crippen molar-refractivity contribution < 1.29 is 9.15 Å². The van der Waals surface area contributed by atoms with Crippen molar-refractivity contribution in [2.24, 2.45) is 5.92 Å². The van der Waals surface area contributed by atoms with E-state index in [1.54, 1.807) is 0 Å². The Morgan fingerprint density at radius 3 is 2.68 bits per heavy atom. The van der Waals surface area contributed by atoms with Crippen LogP contribution in [0.25, 0.3) is 21.9 Å². The van der Waals surface area contributed by atoms with Crippen LogP contribution in [0.3, 0.4) is 0 Å². The molecule has 0 aliphatic carbocycles. The maximum Gasteiger partial charge on any atom is 0.145 e. The molecule has 1 unspecified atom stereocenters. The molecule has 1 atom stereocenters. The molecule has 0 spiro atoms. The minimum Gasteiger partial charge on any atom is -0.458 e. The maximum absolute atomic E-state index is 6.13. The van der Waals surface area contributed by atoms with Gasteiger partial charge in [0, 0.05) is 27.5 Å². The lowest BCUT2D eigenvalue weighted by Crippen LogP contribution is -2.05. The molecule has 22 heavy (non-hydrogen) atoms. The summed E-state index contributed by atoms with van der Waals surface area (Å²) in [7, 11) is 0. The fraction of sp³-hybridized carbons (Fsp3) is 0.389. The van der Waals surface area contributed by atoms with Gasteiger partial charge in [-0.1, -0.05) is 29.8 Å². The Morgan fingerprint density at radius 2 is 1.95 bits per heavy atom. The molecule has 0 saturated heterocycles. The lowest BCUT2D eigenvalue weighted by Gasteiger charge is -2.12. The number of halogens is 1. The molecule has 0 fully saturated rings. The van der Waals surface area contributed by atoms with E-state index in [1.807, 2.05) is 26.0 Å². The molecular weight excluding hydrogens is 342 g/mol. The third kappa shape index (κ3) is 2.90. The SMILES string of the molecule is Cc1nc2ccc(Br)cc2c2oc(C(C)OCC(C)C)cc12. The van der Waals surface area contributed by atoms with Crippen molar-refractivity contribution in [2.75, 3.05) is 6.61 Å². The Morgan fingerprint density at radius 1 is 1.18 bits per heavy atom. The number of ether oxygens (including phenoxy) is 1. The molecule has 3 aromatic rings. The van der Waals surface area contributed by atoms with Gasteiger partial charge in [-0.2, -0.15) is 0 Å². The highest BCUT2D eigenvalue weighted by Crippen LogP contribution is 2.33. The van der Waals surface area contributed by atoms with Crippen LogP contribution >= 0.6 is 15.9 Å². The Kier molecular flexibility index (Phi) is 4.24. The average molecular weight is 362 g/mol. The summed E-state index contributed by atoms with van der Waals surface area (Å²) >= 11 is 3.52. The predicted octanol–water partition coefficient (Wildman–Crippen LogP) is 5.79. The predicted molar refractivity (Wildman–Crippen MR) is 93.2 cm³/mol. The highest BCUT2D eigenvalue weighted by molar-refractivity contribution is 9.10. The molecular formula is C18H20BrNO2. The number of fused-ring (bicyclic) bond motifs is 3. The van der Waals surface area contributed by atoms with E-state index < -0.39 is 0 Å². The number of furan rings is 1. The van der Waals surface area contributed by atoms with Crippen molar-refractivity contribution in [2.45, 2.75) is 33.8 Å². The zero-order valence-corrected chi connectivity index (χ0v) is 14.9. The zero-order valence-electron chi connectivity index (χ0n) is 13.3. The summed E-state index contributed by atoms with van der Waals surface area (Å²) in [5.74, 6) is 1.36. The second-order valence-electron chi connectivity index (χ2n) is 6.12. The number of pyridine rings is 1. The number of nitrogens with zero attached hydrogens (tertiary/aromatic N) is 1. The third-order valence-electron chi connectivity index (χ3n) is 3.71. The molecule has 0 amide bonds. The molecule has 0 saturated carbocycles. The van der Waals surface area contributed by atoms with E-state index in [0.717, 1.165) is 44.4 Å². The van der Waals surface area contributed by atoms with Gasteiger partial charge in [0.15, 0.2) is 0 Å². The average Bonchev–Trinajstić information content (AvgIpc) is 2.92. The largest absolute Gasteiger partial charge is 0.458 e. The van der Waals surface area contributed by atoms with Crippen LogP contribution in [-0.4, -0.2) is 11.6 Å². The Balaban J connectivity index is 2.10. The standard InChI is InChI=1S/C18H20BrNO2/c1-10(2)9-21-12(4)17-8-14-11(3)20-16-6-5-13(19)7-15(16)18(14)22-17/h5-8,10,12H,9H2,1-4H3. The first-order valence-corrected chi connectivity index (χ1v) is 8.36. The molecule has 0 aliphatic heterocycles. The Bertz CT molecular complexity index is 823. The van der Waals surface area contributed by atoms with Crippen LogP contribution in [0.4, 0.5) is 0 Å². The number of hydrogen-bond acceptors (Lipinski definition) is 3. The number of hydrogen-bond donors (Lipinski definition) is 0. The quantitative estimate of drug-likeness (QED) is 0.590. The molecule has 3 rings (SSSR count). The van der Waals surface area contributed by atoms with Crippen molar-refractivity contribution in [3.05, 3.63) is 40.2 Å². The van der Waals surface area contributed by atoms with Gasteiger partial charge in [0.05, 0.1) is 5.52 Å². The number of benzene rings is 1. The van der Waals surface area contributed by atoms with E-state index >= 15 is 0 Å². The van der Waals surface area contributed by atoms with Crippen LogP contribution in [-0.2, 0) is 4.74 Å². The lowest BCUT2D eigenvalue weighted by atomic mass is 10.1. The van der Waals surface area contributed by atoms with Crippen LogP contribution in [0, 0.1) is 12.8 Å². The minimum absolute atomic E-state index is 0.0589. The van der Waals surface area contributed by atoms with Gasteiger partial charge in [0.2, 0.25) is 0 Å². The fourth-order valence-corrected chi connectivity index (χ4v) is 2.89. The number of aryl methyl sites for hydroxylation is 1. The molecule has 0 radical (unpaired) electrons. The minimum atomic E-state index is -0.0589. The van der Waals surface area contributed by atoms with Crippen LogP contribution in [0.1, 0.15) is 38.3 Å². The van der Waals surface area contributed by atoms with Gasteiger partial charge in [0.25, 0.3) is 0 Å². The fourth-order valence-electron chi connectivity index (χ4n) is 2.53. The summed E-state index contributed by atoms with van der Waals surface area (Å²) < 4.78 is 13.0. The lowest BCUT2D eigenvalue weighted by molar-refractivity contribution is 0.0346. The van der Waals surface area contributed by atoms with E-state index in [9.17, 15) is 0 Å². The Hall–Kier alpha value is -1.39. The van der Waals surface area contributed by atoms with E-state index in [0.29, 0.717) is 5.92 Å². The van der Waals surface area contributed by atoms with Crippen LogP contribution in [0.5, 0.6) is 0 Å². The highest BCUT2D eigenvalue weighted by Gasteiger charge is 2.16. The molecule has 2 aromatic heterocycles. The monoisotopic (exact) mass is 361 g/mol. The molecule has 2 heterocycles. The summed E-state index contributed by atoms with van der Waals surface area (Å²) in [6, 6.07) is 8.12. The first kappa shape index (κ1) is 15.5. The summed E-state index contributed by atoms with van der Waals surface area (Å²) in [5, 5.41) is 2.08. The first-order chi connectivity index (χ1) is 10.5. The molecule has 0 N–H and O–H groups in total. The van der Waals surface area contributed by atoms with Gasteiger partial charge in [-0.25, -0.2) is 0 Å². The second-order valence-corrected chi connectivity index (χ2v) is 7.04. The van der Waals surface area contributed by atoms with Gasteiger partial charge in [-0.05, 0) is 44.0 Å². The summed E-state index contributed by atoms with van der Waals surface area (Å²) in [6.45, 7) is 9.06. The van der Waals surface area contributed by atoms with Crippen molar-refractivity contribution in [1.29, 1.82) is 0 Å². The van der Waals surface area contributed by atoms with E-state index in [1.165, 1.54) is 0 Å². The normalized spacial score (nSPS) is 13.4. The Labute approximate surface area is 138 Å². The maximum atomic E-state index is 6.13. The molecule has 4 heteroatoms. The van der Waals surface area contributed by atoms with Crippen molar-refractivity contribution >= 4 is 37.8 Å². The van der Waals surface area contributed by atoms with E-state index in [4.69, 9.17) is 9.15 Å². The number of rotatable bonds is 4. The topological polar surface area (TPSA) is 35.3 Å². The molecule has 1 aromatic carbocycles. The summed E-state index contributed by atoms with van der Waals surface area (Å²) in [5.41, 5.74) is 2.82. The van der Waals surface area contributed by atoms with Gasteiger partial charge in [0.1, 0.15) is 17.4 Å². The van der Waals surface area contributed by atoms with Gasteiger partial charge in [-0.15, -0.1) is 0 Å². The van der Waals surface area contributed by atoms with Gasteiger partial charge >= 0.3 is 0 Å². The van der Waals surface area contributed by atoms with Gasteiger partial charge < -0.3 is 9.15 Å². The molecule has 0 bridgehead atoms. The third-order valence-corrected chi connectivity index (χ3v) is 4.21. The second kappa shape index (κ2) is 6.01. The number of aromatic nitrogens is 1. The van der Waals surface area contributed by atoms with Crippen LogP contribution in [0.2, 0.25) is 0 Å². The van der Waals surface area contributed by atoms with Crippen molar-refractivity contribution in [1.82, 2.24) is 4.98 Å². The highest BCUT2D eigenvalue weighted by atomic mass is 79.9. The molecule has 0 aliphatic rings.